The first kappa shape index (κ1) is 14.3. The van der Waals surface area contributed by atoms with E-state index >= 15 is 0 Å². The summed E-state index contributed by atoms with van der Waals surface area (Å²) in [4.78, 5) is 24.2. The van der Waals surface area contributed by atoms with Crippen molar-refractivity contribution in [1.82, 2.24) is 9.74 Å². The Balaban J connectivity index is 2.16. The Kier molecular flexibility index (Phi) is 4.25. The van der Waals surface area contributed by atoms with Gasteiger partial charge in [0.2, 0.25) is 0 Å². The molecule has 0 aromatic heterocycles. The first-order valence-electron chi connectivity index (χ1n) is 6.21. The van der Waals surface area contributed by atoms with E-state index < -0.39 is 11.8 Å². The first-order chi connectivity index (χ1) is 9.49. The van der Waals surface area contributed by atoms with E-state index in [9.17, 15) is 9.59 Å². The molecule has 0 saturated carbocycles. The Bertz CT molecular complexity index is 600. The van der Waals surface area contributed by atoms with Crippen molar-refractivity contribution in [1.29, 1.82) is 0 Å². The maximum Gasteiger partial charge on any atom is 0.259 e. The molecule has 1 heterocycles. The van der Waals surface area contributed by atoms with Crippen molar-refractivity contribution in [3.05, 3.63) is 58.8 Å². The minimum absolute atomic E-state index is 0.353. The number of rotatable bonds is 2. The van der Waals surface area contributed by atoms with E-state index in [-0.39, 0.29) is 0 Å². The number of carbonyl (C=O) groups is 2. The fraction of sp³-hybridized carbons (Fsp3) is 0.200. The van der Waals surface area contributed by atoms with E-state index in [0.717, 1.165) is 11.1 Å². The van der Waals surface area contributed by atoms with Crippen LogP contribution in [0.15, 0.2) is 42.1 Å². The van der Waals surface area contributed by atoms with Crippen molar-refractivity contribution in [2.75, 3.05) is 6.54 Å². The maximum atomic E-state index is 12.2. The molecular formula is C15H15ClN2O2. The zero-order valence-electron chi connectivity index (χ0n) is 11.3. The van der Waals surface area contributed by atoms with Gasteiger partial charge < -0.3 is 0 Å². The number of carbonyl (C=O) groups excluding carboxylic acids is 2. The van der Waals surface area contributed by atoms with Crippen LogP contribution in [0.25, 0.3) is 0 Å². The molecule has 0 radical (unpaired) electrons. The highest BCUT2D eigenvalue weighted by atomic mass is 35.5. The van der Waals surface area contributed by atoms with Gasteiger partial charge in [0.05, 0.1) is 12.1 Å². The highest BCUT2D eigenvalue weighted by molar-refractivity contribution is 6.16. The molecule has 0 unspecified atom stereocenters. The summed E-state index contributed by atoms with van der Waals surface area (Å²) in [6.45, 7) is 4.21. The lowest BCUT2D eigenvalue weighted by atomic mass is 10.0. The minimum atomic E-state index is -0.459. The van der Waals surface area contributed by atoms with Crippen LogP contribution >= 0.6 is 11.8 Å². The summed E-state index contributed by atoms with van der Waals surface area (Å²) in [5, 5.41) is 2.39. The third kappa shape index (κ3) is 3.08. The van der Waals surface area contributed by atoms with Gasteiger partial charge in [0, 0.05) is 23.5 Å². The fourth-order valence-electron chi connectivity index (χ4n) is 2.07. The quantitative estimate of drug-likeness (QED) is 0.672. The van der Waals surface area contributed by atoms with Crippen molar-refractivity contribution < 1.29 is 9.59 Å². The molecule has 1 aromatic carbocycles. The molecule has 1 aliphatic rings. The van der Waals surface area contributed by atoms with Crippen molar-refractivity contribution in [3.63, 3.8) is 0 Å². The van der Waals surface area contributed by atoms with Crippen LogP contribution in [-0.2, 0) is 4.79 Å². The van der Waals surface area contributed by atoms with Gasteiger partial charge in [-0.15, -0.1) is 0 Å². The van der Waals surface area contributed by atoms with Crippen molar-refractivity contribution >= 4 is 23.6 Å². The first-order valence-corrected chi connectivity index (χ1v) is 6.55. The van der Waals surface area contributed by atoms with Crippen LogP contribution in [0.4, 0.5) is 0 Å². The molecule has 2 amide bonds. The highest BCUT2D eigenvalue weighted by Gasteiger charge is 2.18. The summed E-state index contributed by atoms with van der Waals surface area (Å²) in [7, 11) is 0. The second-order valence-electron chi connectivity index (χ2n) is 4.62. The van der Waals surface area contributed by atoms with Crippen molar-refractivity contribution in [3.8, 4) is 0 Å². The van der Waals surface area contributed by atoms with E-state index in [1.54, 1.807) is 12.2 Å². The summed E-state index contributed by atoms with van der Waals surface area (Å²) >= 11 is 5.80. The lowest BCUT2D eigenvalue weighted by Gasteiger charge is -2.15. The number of benzene rings is 1. The summed E-state index contributed by atoms with van der Waals surface area (Å²) in [6.07, 6.45) is 4.90. The van der Waals surface area contributed by atoms with Crippen LogP contribution in [0.3, 0.4) is 0 Å². The Morgan fingerprint density at radius 2 is 1.85 bits per heavy atom. The predicted molar refractivity (Wildman–Crippen MR) is 78.2 cm³/mol. The second-order valence-corrected chi connectivity index (χ2v) is 5.05. The molecule has 20 heavy (non-hydrogen) atoms. The molecule has 5 heteroatoms. The van der Waals surface area contributed by atoms with Gasteiger partial charge in [0.25, 0.3) is 11.8 Å². The van der Waals surface area contributed by atoms with Gasteiger partial charge in [-0.25, -0.2) is 0 Å². The van der Waals surface area contributed by atoms with Crippen molar-refractivity contribution in [2.45, 2.75) is 13.8 Å². The molecule has 1 N–H and O–H groups in total. The lowest BCUT2D eigenvalue weighted by Crippen LogP contribution is -2.33. The summed E-state index contributed by atoms with van der Waals surface area (Å²) < 4.78 is 1.36. The summed E-state index contributed by atoms with van der Waals surface area (Å²) in [5.74, 6) is -0.856. The van der Waals surface area contributed by atoms with Gasteiger partial charge in [-0.3, -0.25) is 19.3 Å². The van der Waals surface area contributed by atoms with Crippen LogP contribution in [0, 0.1) is 13.8 Å². The molecular weight excluding hydrogens is 276 g/mol. The predicted octanol–water partition coefficient (Wildman–Crippen LogP) is 2.47. The Labute approximate surface area is 122 Å². The second kappa shape index (κ2) is 5.92. The normalized spacial score (nSPS) is 13.9. The molecule has 0 saturated heterocycles. The average Bonchev–Trinajstić information content (AvgIpc) is 2.38. The largest absolute Gasteiger partial charge is 0.288 e. The van der Waals surface area contributed by atoms with Gasteiger partial charge in [0.1, 0.15) is 0 Å². The number of hydrogen-bond acceptors (Lipinski definition) is 3. The number of imide groups is 1. The molecule has 2 rings (SSSR count). The monoisotopic (exact) mass is 290 g/mol. The zero-order valence-corrected chi connectivity index (χ0v) is 12.1. The van der Waals surface area contributed by atoms with Crippen LogP contribution in [0.1, 0.15) is 21.5 Å². The Hall–Kier alpha value is -2.07. The molecule has 104 valence electrons. The van der Waals surface area contributed by atoms with Crippen LogP contribution in [0.5, 0.6) is 0 Å². The van der Waals surface area contributed by atoms with E-state index in [2.05, 4.69) is 5.32 Å². The van der Waals surface area contributed by atoms with Gasteiger partial charge >= 0.3 is 0 Å². The van der Waals surface area contributed by atoms with E-state index in [1.165, 1.54) is 10.6 Å². The molecule has 0 fully saturated rings. The molecule has 0 atom stereocenters. The van der Waals surface area contributed by atoms with E-state index in [4.69, 9.17) is 11.8 Å². The zero-order chi connectivity index (χ0) is 14.7. The number of halogens is 1. The van der Waals surface area contributed by atoms with Gasteiger partial charge in [-0.05, 0) is 25.0 Å². The SMILES string of the molecule is Cc1cccc(C)c1C(=O)NC(=O)C1=CN(Cl)CC=C1. The number of aryl methyl sites for hydroxylation is 2. The van der Waals surface area contributed by atoms with E-state index in [0.29, 0.717) is 17.7 Å². The number of amides is 2. The Morgan fingerprint density at radius 3 is 2.45 bits per heavy atom. The minimum Gasteiger partial charge on any atom is -0.288 e. The van der Waals surface area contributed by atoms with Gasteiger partial charge in [0.15, 0.2) is 0 Å². The highest BCUT2D eigenvalue weighted by Crippen LogP contribution is 2.14. The molecule has 1 aromatic rings. The smallest absolute Gasteiger partial charge is 0.259 e. The Morgan fingerprint density at radius 1 is 1.20 bits per heavy atom. The molecule has 1 aliphatic heterocycles. The topological polar surface area (TPSA) is 49.4 Å². The number of hydrogen-bond donors (Lipinski definition) is 1. The molecule has 0 aliphatic carbocycles. The summed E-state index contributed by atoms with van der Waals surface area (Å²) in [5.41, 5.74) is 2.56. The third-order valence-corrected chi connectivity index (χ3v) is 3.29. The molecule has 0 spiro atoms. The molecule has 0 bridgehead atoms. The lowest BCUT2D eigenvalue weighted by molar-refractivity contribution is -0.116. The van der Waals surface area contributed by atoms with Gasteiger partial charge in [-0.1, -0.05) is 30.4 Å². The van der Waals surface area contributed by atoms with Crippen LogP contribution in [0.2, 0.25) is 0 Å². The van der Waals surface area contributed by atoms with Crippen LogP contribution in [-0.4, -0.2) is 22.8 Å². The number of nitrogens with zero attached hydrogens (tertiary/aromatic N) is 1. The standard InChI is InChI=1S/C15H15ClN2O2/c1-10-5-3-6-11(2)13(10)15(20)17-14(19)12-7-4-8-18(16)9-12/h3-7,9H,8H2,1-2H3,(H,17,19,20). The maximum absolute atomic E-state index is 12.2. The summed E-state index contributed by atoms with van der Waals surface area (Å²) in [6, 6.07) is 5.56. The van der Waals surface area contributed by atoms with E-state index in [1.807, 2.05) is 32.0 Å². The third-order valence-electron chi connectivity index (χ3n) is 3.05. The van der Waals surface area contributed by atoms with Crippen molar-refractivity contribution in [2.24, 2.45) is 0 Å². The molecule has 4 nitrogen and oxygen atoms in total. The number of nitrogens with one attached hydrogen (secondary N) is 1. The fourth-order valence-corrected chi connectivity index (χ4v) is 2.26. The van der Waals surface area contributed by atoms with Gasteiger partial charge in [-0.2, -0.15) is 0 Å². The van der Waals surface area contributed by atoms with Crippen LogP contribution < -0.4 is 5.32 Å². The average molecular weight is 291 g/mol.